The van der Waals surface area contributed by atoms with Crippen molar-refractivity contribution >= 4 is 48.9 Å². The molecule has 0 spiro atoms. The Labute approximate surface area is 80.6 Å². The van der Waals surface area contributed by atoms with Crippen LogP contribution in [0.1, 0.15) is 9.78 Å². The van der Waals surface area contributed by atoms with Crippen molar-refractivity contribution < 1.29 is 13.1 Å². The average Bonchev–Trinajstić information content (AvgIpc) is 1.38. The molecule has 0 aromatic carbocycles. The summed E-state index contributed by atoms with van der Waals surface area (Å²) in [4.78, 5) is 0. The molecule has 0 aromatic rings. The van der Waals surface area contributed by atoms with E-state index in [2.05, 4.69) is 0 Å². The predicted octanol–water partition coefficient (Wildman–Crippen LogP) is -0.796. The van der Waals surface area contributed by atoms with Crippen LogP contribution < -0.4 is 0 Å². The van der Waals surface area contributed by atoms with E-state index in [1.807, 2.05) is 0 Å². The van der Waals surface area contributed by atoms with Gasteiger partial charge in [0.1, 0.15) is 0 Å². The van der Waals surface area contributed by atoms with Gasteiger partial charge in [-0.05, 0) is 6.92 Å². The molecule has 2 N–H and O–H groups in total. The van der Waals surface area contributed by atoms with Crippen molar-refractivity contribution in [2.75, 3.05) is 6.61 Å². The largest absolute Gasteiger partial charge is 2.00 e. The minimum absolute atomic E-state index is 0. The molecule has 0 bridgehead atoms. The van der Waals surface area contributed by atoms with E-state index in [1.54, 1.807) is 0 Å². The standard InChI is InChI=1S/C3H8O2.Ba.2H/c1-3(5)2-4;;;/h3-5H,2H2,1H3;;;/q;+2;2*-1. The number of aliphatic hydroxyl groups is 2. The smallest absolute Gasteiger partial charge is 1.00 e. The normalized spacial score (nSPS) is 12.5. The molecule has 0 heterocycles. The van der Waals surface area contributed by atoms with Gasteiger partial charge in [-0.2, -0.15) is 0 Å². The van der Waals surface area contributed by atoms with Gasteiger partial charge in [0.05, 0.1) is 12.7 Å². The molecule has 0 rings (SSSR count). The number of hydrogen-bond acceptors (Lipinski definition) is 2. The van der Waals surface area contributed by atoms with Crippen molar-refractivity contribution in [3.63, 3.8) is 0 Å². The first-order chi connectivity index (χ1) is 2.27. The molecule has 0 saturated carbocycles. The number of hydrogen-bond donors (Lipinski definition) is 2. The Bertz CT molecular complexity index is 29.2. The molecule has 0 saturated heterocycles. The van der Waals surface area contributed by atoms with Crippen LogP contribution >= 0.6 is 0 Å². The summed E-state index contributed by atoms with van der Waals surface area (Å²) in [6.07, 6.45) is -0.560. The summed E-state index contributed by atoms with van der Waals surface area (Å²) >= 11 is 0. The summed E-state index contributed by atoms with van der Waals surface area (Å²) in [5.41, 5.74) is 0. The van der Waals surface area contributed by atoms with Crippen LogP contribution in [0, 0.1) is 0 Å². The topological polar surface area (TPSA) is 40.5 Å². The van der Waals surface area contributed by atoms with Gasteiger partial charge < -0.3 is 13.1 Å². The molecule has 6 heavy (non-hydrogen) atoms. The van der Waals surface area contributed by atoms with Gasteiger partial charge in [-0.1, -0.05) is 0 Å². The van der Waals surface area contributed by atoms with Crippen LogP contribution in [0.4, 0.5) is 0 Å². The number of aliphatic hydroxyl groups excluding tert-OH is 2. The van der Waals surface area contributed by atoms with Gasteiger partial charge in [0, 0.05) is 0 Å². The second-order valence-electron chi connectivity index (χ2n) is 1.03. The summed E-state index contributed by atoms with van der Waals surface area (Å²) in [7, 11) is 0. The molecular formula is C3H10BaO2. The first-order valence-corrected chi connectivity index (χ1v) is 1.56. The number of rotatable bonds is 1. The van der Waals surface area contributed by atoms with Crippen LogP contribution in [0.25, 0.3) is 0 Å². The van der Waals surface area contributed by atoms with Crippen molar-refractivity contribution in [3.8, 4) is 0 Å². The van der Waals surface area contributed by atoms with Crippen LogP contribution in [-0.4, -0.2) is 71.8 Å². The molecule has 1 unspecified atom stereocenters. The van der Waals surface area contributed by atoms with Gasteiger partial charge in [0.25, 0.3) is 0 Å². The van der Waals surface area contributed by atoms with Crippen molar-refractivity contribution in [1.82, 2.24) is 0 Å². The maximum absolute atomic E-state index is 8.11. The molecule has 0 fully saturated rings. The predicted molar refractivity (Wildman–Crippen MR) is 26.7 cm³/mol. The van der Waals surface area contributed by atoms with E-state index in [0.29, 0.717) is 0 Å². The molecule has 2 nitrogen and oxygen atoms in total. The first-order valence-electron chi connectivity index (χ1n) is 1.56. The second kappa shape index (κ2) is 6.49. The van der Waals surface area contributed by atoms with E-state index in [1.165, 1.54) is 6.92 Å². The Hall–Kier alpha value is 1.49. The Balaban J connectivity index is -0.0000000267. The van der Waals surface area contributed by atoms with Gasteiger partial charge in [-0.15, -0.1) is 0 Å². The van der Waals surface area contributed by atoms with Crippen LogP contribution in [0.15, 0.2) is 0 Å². The quantitative estimate of drug-likeness (QED) is 0.563. The molecular weight excluding hydrogens is 205 g/mol. The van der Waals surface area contributed by atoms with E-state index in [-0.39, 0.29) is 58.3 Å². The molecule has 1 atom stereocenters. The van der Waals surface area contributed by atoms with Crippen molar-refractivity contribution in [2.45, 2.75) is 13.0 Å². The summed E-state index contributed by atoms with van der Waals surface area (Å²) in [6.45, 7) is 1.39. The van der Waals surface area contributed by atoms with Crippen LogP contribution in [-0.2, 0) is 0 Å². The summed E-state index contributed by atoms with van der Waals surface area (Å²) < 4.78 is 0. The Kier molecular flexibility index (Phi) is 11.3. The van der Waals surface area contributed by atoms with Gasteiger partial charge in [0.2, 0.25) is 0 Å². The van der Waals surface area contributed by atoms with Crippen molar-refractivity contribution in [3.05, 3.63) is 0 Å². The maximum atomic E-state index is 8.11. The molecule has 0 aliphatic rings. The Morgan fingerprint density at radius 1 is 1.83 bits per heavy atom. The van der Waals surface area contributed by atoms with E-state index >= 15 is 0 Å². The van der Waals surface area contributed by atoms with Gasteiger partial charge in [-0.25, -0.2) is 0 Å². The summed E-state index contributed by atoms with van der Waals surface area (Å²) in [6, 6.07) is 0. The fraction of sp³-hybridized carbons (Fsp3) is 1.00. The molecule has 0 aromatic heterocycles. The molecule has 0 aliphatic heterocycles. The maximum Gasteiger partial charge on any atom is 2.00 e. The Morgan fingerprint density at radius 2 is 2.00 bits per heavy atom. The molecule has 36 valence electrons. The van der Waals surface area contributed by atoms with Crippen molar-refractivity contribution in [2.24, 2.45) is 0 Å². The molecule has 0 amide bonds. The summed E-state index contributed by atoms with van der Waals surface area (Å²) in [5, 5.41) is 16.0. The third-order valence-corrected chi connectivity index (χ3v) is 0.264. The minimum atomic E-state index is -0.560. The monoisotopic (exact) mass is 216 g/mol. The molecule has 0 radical (unpaired) electrons. The van der Waals surface area contributed by atoms with Crippen molar-refractivity contribution in [1.29, 1.82) is 0 Å². The first kappa shape index (κ1) is 10.5. The third kappa shape index (κ3) is 9.09. The van der Waals surface area contributed by atoms with E-state index in [0.717, 1.165) is 0 Å². The van der Waals surface area contributed by atoms with Crippen LogP contribution in [0.2, 0.25) is 0 Å². The minimum Gasteiger partial charge on any atom is -1.00 e. The van der Waals surface area contributed by atoms with Gasteiger partial charge >= 0.3 is 48.9 Å². The zero-order valence-electron chi connectivity index (χ0n) is 5.89. The average molecular weight is 215 g/mol. The zero-order valence-corrected chi connectivity index (χ0v) is 8.33. The van der Waals surface area contributed by atoms with E-state index in [9.17, 15) is 0 Å². The van der Waals surface area contributed by atoms with E-state index in [4.69, 9.17) is 10.2 Å². The summed E-state index contributed by atoms with van der Waals surface area (Å²) in [5.74, 6) is 0. The fourth-order valence-corrected chi connectivity index (χ4v) is 0. The second-order valence-corrected chi connectivity index (χ2v) is 1.03. The molecule has 0 aliphatic carbocycles. The van der Waals surface area contributed by atoms with Gasteiger partial charge in [-0.3, -0.25) is 0 Å². The van der Waals surface area contributed by atoms with Gasteiger partial charge in [0.15, 0.2) is 0 Å². The fourth-order valence-electron chi connectivity index (χ4n) is 0. The van der Waals surface area contributed by atoms with Crippen LogP contribution in [0.5, 0.6) is 0 Å². The Morgan fingerprint density at radius 3 is 2.00 bits per heavy atom. The third-order valence-electron chi connectivity index (χ3n) is 0.264. The SMILES string of the molecule is CC(O)CO.[Ba+2].[H-].[H-]. The van der Waals surface area contributed by atoms with Crippen LogP contribution in [0.3, 0.4) is 0 Å². The molecule has 3 heteroatoms. The zero-order chi connectivity index (χ0) is 4.28. The van der Waals surface area contributed by atoms with E-state index < -0.39 is 6.10 Å².